The van der Waals surface area contributed by atoms with E-state index < -0.39 is 0 Å². The van der Waals surface area contributed by atoms with E-state index in [1.165, 1.54) is 0 Å². The van der Waals surface area contributed by atoms with Crippen molar-refractivity contribution < 1.29 is 14.6 Å². The zero-order valence-corrected chi connectivity index (χ0v) is 18.0. The van der Waals surface area contributed by atoms with Gasteiger partial charge in [0.15, 0.2) is 0 Å². The normalized spacial score (nSPS) is 9.94. The Morgan fingerprint density at radius 2 is 2.00 bits per heavy atom. The molecular weight excluding hydrogens is 422 g/mol. The lowest BCUT2D eigenvalue weighted by Crippen LogP contribution is -2.16. The number of nitriles is 1. The monoisotopic (exact) mass is 445 g/mol. The molecule has 0 aliphatic carbocycles. The van der Waals surface area contributed by atoms with E-state index >= 15 is 0 Å². The van der Waals surface area contributed by atoms with Gasteiger partial charge in [-0.15, -0.1) is 0 Å². The summed E-state index contributed by atoms with van der Waals surface area (Å²) in [6, 6.07) is 15.4. The summed E-state index contributed by atoms with van der Waals surface area (Å²) in [4.78, 5) is 21.8. The molecular formula is C23H23N7O3. The molecule has 0 amide bonds. The predicted octanol–water partition coefficient (Wildman–Crippen LogP) is 3.29. The molecule has 33 heavy (non-hydrogen) atoms. The van der Waals surface area contributed by atoms with Crippen LogP contribution in [0.1, 0.15) is 12.5 Å². The number of carbonyl (C=O) groups is 1. The Morgan fingerprint density at radius 1 is 1.18 bits per heavy atom. The van der Waals surface area contributed by atoms with Crippen LogP contribution in [0.5, 0.6) is 5.75 Å². The van der Waals surface area contributed by atoms with Crippen molar-refractivity contribution in [1.82, 2.24) is 19.4 Å². The lowest BCUT2D eigenvalue weighted by molar-refractivity contribution is -0.122. The summed E-state index contributed by atoms with van der Waals surface area (Å²) in [6.07, 6.45) is 5.17. The number of pyridine rings is 1. The molecule has 0 unspecified atom stereocenters. The molecule has 4 aromatic rings. The Balaban J connectivity index is 0.000000968. The average Bonchev–Trinajstić information content (AvgIpc) is 3.32. The maximum absolute atomic E-state index is 8.84. The molecule has 0 saturated heterocycles. The van der Waals surface area contributed by atoms with Gasteiger partial charge >= 0.3 is 0 Å². The number of benzene rings is 1. The first-order valence-corrected chi connectivity index (χ1v) is 10.2. The molecule has 0 spiro atoms. The van der Waals surface area contributed by atoms with Crippen LogP contribution in [0.4, 0.5) is 11.8 Å². The van der Waals surface area contributed by atoms with Crippen LogP contribution in [0.3, 0.4) is 0 Å². The van der Waals surface area contributed by atoms with Crippen LogP contribution >= 0.6 is 0 Å². The molecule has 0 aliphatic heterocycles. The van der Waals surface area contributed by atoms with E-state index in [1.54, 1.807) is 24.5 Å². The van der Waals surface area contributed by atoms with Crippen molar-refractivity contribution in [1.29, 1.82) is 5.26 Å². The molecule has 0 bridgehead atoms. The topological polar surface area (TPSA) is 137 Å². The maximum Gasteiger partial charge on any atom is 0.290 e. The van der Waals surface area contributed by atoms with Crippen molar-refractivity contribution >= 4 is 23.9 Å². The smallest absolute Gasteiger partial charge is 0.290 e. The van der Waals surface area contributed by atoms with Crippen LogP contribution in [0.15, 0.2) is 61.1 Å². The summed E-state index contributed by atoms with van der Waals surface area (Å²) in [6.45, 7) is 3.60. The fourth-order valence-corrected chi connectivity index (χ4v) is 3.04. The number of nitrogens with zero attached hydrogens (tertiary/aromatic N) is 5. The van der Waals surface area contributed by atoms with Crippen molar-refractivity contribution in [3.63, 3.8) is 0 Å². The lowest BCUT2D eigenvalue weighted by atomic mass is 10.1. The summed E-state index contributed by atoms with van der Waals surface area (Å²) >= 11 is 0. The van der Waals surface area contributed by atoms with Gasteiger partial charge in [0.1, 0.15) is 23.3 Å². The van der Waals surface area contributed by atoms with E-state index in [4.69, 9.17) is 24.9 Å². The van der Waals surface area contributed by atoms with Crippen molar-refractivity contribution in [2.75, 3.05) is 30.3 Å². The number of hydrogen-bond donors (Lipinski definition) is 3. The summed E-state index contributed by atoms with van der Waals surface area (Å²) in [5, 5.41) is 22.3. The van der Waals surface area contributed by atoms with Gasteiger partial charge < -0.3 is 20.5 Å². The van der Waals surface area contributed by atoms with Gasteiger partial charge in [0.25, 0.3) is 6.47 Å². The van der Waals surface area contributed by atoms with Gasteiger partial charge in [-0.3, -0.25) is 9.20 Å². The molecule has 1 aromatic carbocycles. The Kier molecular flexibility index (Phi) is 8.14. The molecule has 4 rings (SSSR count). The highest BCUT2D eigenvalue weighted by Gasteiger charge is 2.09. The van der Waals surface area contributed by atoms with Crippen LogP contribution in [0.25, 0.3) is 16.9 Å². The molecule has 3 N–H and O–H groups in total. The van der Waals surface area contributed by atoms with Crippen molar-refractivity contribution in [3.8, 4) is 23.1 Å². The van der Waals surface area contributed by atoms with Crippen molar-refractivity contribution in [3.05, 3.63) is 66.6 Å². The quantitative estimate of drug-likeness (QED) is 0.275. The van der Waals surface area contributed by atoms with Crippen LogP contribution in [-0.4, -0.2) is 50.6 Å². The van der Waals surface area contributed by atoms with Gasteiger partial charge in [-0.05, 0) is 31.2 Å². The van der Waals surface area contributed by atoms with Gasteiger partial charge in [0.05, 0.1) is 17.9 Å². The zero-order chi connectivity index (χ0) is 23.5. The molecule has 0 saturated carbocycles. The summed E-state index contributed by atoms with van der Waals surface area (Å²) < 4.78 is 7.52. The Hall–Kier alpha value is -4.65. The molecule has 10 heteroatoms. The first-order chi connectivity index (χ1) is 16.2. The Morgan fingerprint density at radius 3 is 2.73 bits per heavy atom. The molecule has 0 fully saturated rings. The highest BCUT2D eigenvalue weighted by Crippen LogP contribution is 2.25. The minimum Gasteiger partial charge on any atom is -0.494 e. The minimum absolute atomic E-state index is 0.250. The third kappa shape index (κ3) is 6.18. The van der Waals surface area contributed by atoms with E-state index in [-0.39, 0.29) is 6.47 Å². The predicted molar refractivity (Wildman–Crippen MR) is 124 cm³/mol. The highest BCUT2D eigenvalue weighted by molar-refractivity contribution is 5.67. The van der Waals surface area contributed by atoms with E-state index in [0.29, 0.717) is 31.2 Å². The maximum atomic E-state index is 8.84. The van der Waals surface area contributed by atoms with Crippen LogP contribution in [0.2, 0.25) is 0 Å². The summed E-state index contributed by atoms with van der Waals surface area (Å²) in [5.41, 5.74) is 3.13. The van der Waals surface area contributed by atoms with Crippen LogP contribution < -0.4 is 15.4 Å². The number of nitrogens with one attached hydrogen (secondary N) is 2. The van der Waals surface area contributed by atoms with Gasteiger partial charge in [-0.25, -0.2) is 15.0 Å². The first kappa shape index (κ1) is 23.0. The third-order valence-electron chi connectivity index (χ3n) is 4.44. The average molecular weight is 445 g/mol. The number of carboxylic acid groups (broad SMARTS) is 1. The molecule has 0 aliphatic rings. The highest BCUT2D eigenvalue weighted by atomic mass is 16.5. The first-order valence-electron chi connectivity index (χ1n) is 10.2. The summed E-state index contributed by atoms with van der Waals surface area (Å²) in [5.74, 6) is 2.24. The molecule has 0 radical (unpaired) electrons. The lowest BCUT2D eigenvalue weighted by Gasteiger charge is -2.12. The number of fused-ring (bicyclic) bond motifs is 1. The number of ether oxygens (including phenoxy) is 1. The number of imidazole rings is 1. The van der Waals surface area contributed by atoms with Gasteiger partial charge in [0, 0.05) is 43.3 Å². The largest absolute Gasteiger partial charge is 0.494 e. The van der Waals surface area contributed by atoms with E-state index in [1.807, 2.05) is 47.9 Å². The van der Waals surface area contributed by atoms with Gasteiger partial charge in [-0.1, -0.05) is 12.1 Å². The van der Waals surface area contributed by atoms with Gasteiger partial charge in [0.2, 0.25) is 5.95 Å². The standard InChI is InChI=1S/C22H21N7O.CH2O2/c1-2-30-18-5-3-4-17(12-18)19-13-21-25-10-11-29(21)22(28-19)26-9-8-24-20-7-6-16(14-23)15-27-20;2-1-3/h3-7,10-13,15H,2,8-9H2,1H3,(H,24,27)(H,26,28);1H,(H,2,3). The van der Waals surface area contributed by atoms with Crippen LogP contribution in [-0.2, 0) is 4.79 Å². The molecule has 168 valence electrons. The number of hydrogen-bond acceptors (Lipinski definition) is 8. The fraction of sp³-hybridized carbons (Fsp3) is 0.174. The Bertz CT molecular complexity index is 1230. The summed E-state index contributed by atoms with van der Waals surface area (Å²) in [7, 11) is 0. The zero-order valence-electron chi connectivity index (χ0n) is 18.0. The van der Waals surface area contributed by atoms with Gasteiger partial charge in [-0.2, -0.15) is 5.26 Å². The molecule has 10 nitrogen and oxygen atoms in total. The SMILES string of the molecule is CCOc1cccc(-c2cc3nccn3c(NCCNc3ccc(C#N)cn3)n2)c1.O=CO. The van der Waals surface area contributed by atoms with Crippen molar-refractivity contribution in [2.45, 2.75) is 6.92 Å². The second-order valence-corrected chi connectivity index (χ2v) is 6.58. The molecule has 3 aromatic heterocycles. The number of aromatic nitrogens is 4. The number of anilines is 2. The van der Waals surface area contributed by atoms with E-state index in [9.17, 15) is 0 Å². The molecule has 0 atom stereocenters. The Labute approximate surface area is 190 Å². The van der Waals surface area contributed by atoms with E-state index in [2.05, 4.69) is 26.7 Å². The second-order valence-electron chi connectivity index (χ2n) is 6.58. The second kappa shape index (κ2) is 11.7. The fourth-order valence-electron chi connectivity index (χ4n) is 3.04. The third-order valence-corrected chi connectivity index (χ3v) is 4.44. The molecule has 3 heterocycles. The van der Waals surface area contributed by atoms with Crippen LogP contribution in [0, 0.1) is 11.3 Å². The number of rotatable bonds is 8. The minimum atomic E-state index is -0.250. The van der Waals surface area contributed by atoms with E-state index in [0.717, 1.165) is 28.5 Å². The van der Waals surface area contributed by atoms with Crippen molar-refractivity contribution in [2.24, 2.45) is 0 Å².